The van der Waals surface area contributed by atoms with E-state index in [2.05, 4.69) is 21.2 Å². The highest BCUT2D eigenvalue weighted by molar-refractivity contribution is 9.08. The zero-order chi connectivity index (χ0) is 15.4. The molecule has 1 aliphatic heterocycles. The zero-order valence-electron chi connectivity index (χ0n) is 11.4. The van der Waals surface area contributed by atoms with Crippen LogP contribution in [0.15, 0.2) is 29.8 Å². The number of hydrogen-bond acceptors (Lipinski definition) is 4. The number of esters is 1. The van der Waals surface area contributed by atoms with Gasteiger partial charge in [-0.15, -0.1) is 0 Å². The third kappa shape index (κ3) is 4.01. The number of hydrogen-bond donors (Lipinski definition) is 1. The molecule has 0 radical (unpaired) electrons. The second-order valence-electron chi connectivity index (χ2n) is 4.72. The fourth-order valence-corrected chi connectivity index (χ4v) is 2.58. The Bertz CT molecular complexity index is 637. The predicted molar refractivity (Wildman–Crippen MR) is 79.5 cm³/mol. The van der Waals surface area contributed by atoms with Gasteiger partial charge < -0.3 is 4.74 Å². The Labute approximate surface area is 130 Å². The lowest BCUT2D eigenvalue weighted by molar-refractivity contribution is -0.144. The maximum Gasteiger partial charge on any atom is 0.310 e. The first-order valence-electron chi connectivity index (χ1n) is 6.35. The van der Waals surface area contributed by atoms with E-state index in [-0.39, 0.29) is 18.6 Å². The molecule has 1 N–H and O–H groups in total. The van der Waals surface area contributed by atoms with Crippen LogP contribution >= 0.6 is 15.9 Å². The van der Waals surface area contributed by atoms with Gasteiger partial charge in [0.25, 0.3) is 11.8 Å². The van der Waals surface area contributed by atoms with Crippen LogP contribution < -0.4 is 5.32 Å². The number of ether oxygens (including phenoxy) is 1. The maximum absolute atomic E-state index is 11.7. The molecule has 1 aromatic carbocycles. The molecule has 110 valence electrons. The summed E-state index contributed by atoms with van der Waals surface area (Å²) in [5.41, 5.74) is 3.31. The van der Waals surface area contributed by atoms with Crippen molar-refractivity contribution in [2.45, 2.75) is 25.3 Å². The Kier molecular flexibility index (Phi) is 4.90. The number of nitrogens with one attached hydrogen (secondary N) is 1. The highest BCUT2D eigenvalue weighted by Gasteiger charge is 2.23. The molecule has 0 atom stereocenters. The van der Waals surface area contributed by atoms with E-state index in [1.807, 2.05) is 25.1 Å². The lowest BCUT2D eigenvalue weighted by Gasteiger charge is -2.08. The van der Waals surface area contributed by atoms with Gasteiger partial charge in [0.1, 0.15) is 6.61 Å². The maximum atomic E-state index is 11.7. The summed E-state index contributed by atoms with van der Waals surface area (Å²) in [6.07, 6.45) is 0.925. The largest absolute Gasteiger partial charge is 0.461 e. The van der Waals surface area contributed by atoms with E-state index in [0.29, 0.717) is 0 Å². The number of amides is 2. The first-order chi connectivity index (χ1) is 9.99. The van der Waals surface area contributed by atoms with Crippen LogP contribution in [0, 0.1) is 6.92 Å². The molecule has 5 nitrogen and oxygen atoms in total. The van der Waals surface area contributed by atoms with Crippen LogP contribution in [0.3, 0.4) is 0 Å². The lowest BCUT2D eigenvalue weighted by atomic mass is 10.1. The van der Waals surface area contributed by atoms with Crippen LogP contribution in [0.25, 0.3) is 0 Å². The first kappa shape index (κ1) is 15.4. The highest BCUT2D eigenvalue weighted by atomic mass is 79.9. The van der Waals surface area contributed by atoms with Crippen LogP contribution in [-0.4, -0.2) is 17.8 Å². The van der Waals surface area contributed by atoms with Gasteiger partial charge in [-0.25, -0.2) is 0 Å². The van der Waals surface area contributed by atoms with E-state index in [4.69, 9.17) is 4.74 Å². The van der Waals surface area contributed by atoms with Gasteiger partial charge in [0.2, 0.25) is 0 Å². The number of benzene rings is 1. The van der Waals surface area contributed by atoms with Crippen LogP contribution in [-0.2, 0) is 31.1 Å². The Morgan fingerprint density at radius 3 is 2.67 bits per heavy atom. The summed E-state index contributed by atoms with van der Waals surface area (Å²) in [6.45, 7) is 2.13. The number of rotatable bonds is 5. The molecule has 2 rings (SSSR count). The van der Waals surface area contributed by atoms with Crippen molar-refractivity contribution in [1.29, 1.82) is 0 Å². The van der Waals surface area contributed by atoms with Crippen molar-refractivity contribution in [1.82, 2.24) is 5.32 Å². The molecule has 0 aromatic heterocycles. The Hall–Kier alpha value is -1.95. The first-order valence-corrected chi connectivity index (χ1v) is 7.47. The van der Waals surface area contributed by atoms with E-state index in [1.54, 1.807) is 0 Å². The summed E-state index contributed by atoms with van der Waals surface area (Å²) in [6, 6.07) is 5.82. The summed E-state index contributed by atoms with van der Waals surface area (Å²) in [7, 11) is 0. The average molecular weight is 352 g/mol. The highest BCUT2D eigenvalue weighted by Crippen LogP contribution is 2.15. The van der Waals surface area contributed by atoms with Gasteiger partial charge in [0.15, 0.2) is 0 Å². The molecule has 1 aromatic rings. The fourth-order valence-electron chi connectivity index (χ4n) is 1.95. The SMILES string of the molecule is Cc1cc(COC(=O)CC2=CC(=O)NC2=O)ccc1CBr. The summed E-state index contributed by atoms with van der Waals surface area (Å²) >= 11 is 3.40. The standard InChI is InChI=1S/C15H14BrNO4/c1-9-4-10(2-3-11(9)7-16)8-21-14(19)6-12-5-13(18)17-15(12)20/h2-5H,6-8H2,1H3,(H,17,18,20). The second kappa shape index (κ2) is 6.67. The molecule has 21 heavy (non-hydrogen) atoms. The van der Waals surface area contributed by atoms with Gasteiger partial charge in [0.05, 0.1) is 6.42 Å². The minimum absolute atomic E-state index is 0.135. The quantitative estimate of drug-likeness (QED) is 0.499. The van der Waals surface area contributed by atoms with Crippen molar-refractivity contribution in [2.75, 3.05) is 0 Å². The van der Waals surface area contributed by atoms with E-state index in [0.717, 1.165) is 22.5 Å². The molecule has 2 amide bonds. The Balaban J connectivity index is 1.90. The van der Waals surface area contributed by atoms with Crippen LogP contribution in [0.5, 0.6) is 0 Å². The molecule has 1 aliphatic rings. The summed E-state index contributed by atoms with van der Waals surface area (Å²) in [4.78, 5) is 33.9. The summed E-state index contributed by atoms with van der Waals surface area (Å²) in [5, 5.41) is 2.86. The number of carbonyl (C=O) groups is 3. The molecule has 0 bridgehead atoms. The van der Waals surface area contributed by atoms with E-state index >= 15 is 0 Å². The minimum atomic E-state index is -0.534. The van der Waals surface area contributed by atoms with Gasteiger partial charge in [-0.1, -0.05) is 34.1 Å². The fraction of sp³-hybridized carbons (Fsp3) is 0.267. The molecule has 0 spiro atoms. The molecular formula is C15H14BrNO4. The third-order valence-electron chi connectivity index (χ3n) is 3.12. The summed E-state index contributed by atoms with van der Waals surface area (Å²) < 4.78 is 5.12. The number of carbonyl (C=O) groups excluding carboxylic acids is 3. The van der Waals surface area contributed by atoms with Crippen LogP contribution in [0.2, 0.25) is 0 Å². The smallest absolute Gasteiger partial charge is 0.310 e. The lowest BCUT2D eigenvalue weighted by Crippen LogP contribution is -2.23. The zero-order valence-corrected chi connectivity index (χ0v) is 13.0. The van der Waals surface area contributed by atoms with Crippen molar-refractivity contribution in [2.24, 2.45) is 0 Å². The Morgan fingerprint density at radius 2 is 2.10 bits per heavy atom. The topological polar surface area (TPSA) is 72.5 Å². The van der Waals surface area contributed by atoms with Crippen molar-refractivity contribution in [3.63, 3.8) is 0 Å². The minimum Gasteiger partial charge on any atom is -0.461 e. The van der Waals surface area contributed by atoms with Crippen molar-refractivity contribution >= 4 is 33.7 Å². The molecule has 0 unspecified atom stereocenters. The predicted octanol–water partition coefficient (Wildman–Crippen LogP) is 1.91. The molecule has 0 saturated carbocycles. The van der Waals surface area contributed by atoms with Gasteiger partial charge in [-0.05, 0) is 23.6 Å². The Morgan fingerprint density at radius 1 is 1.33 bits per heavy atom. The van der Waals surface area contributed by atoms with Crippen LogP contribution in [0.1, 0.15) is 23.1 Å². The van der Waals surface area contributed by atoms with Crippen molar-refractivity contribution < 1.29 is 19.1 Å². The van der Waals surface area contributed by atoms with Crippen LogP contribution in [0.4, 0.5) is 0 Å². The molecule has 1 heterocycles. The van der Waals surface area contributed by atoms with Crippen molar-refractivity contribution in [3.8, 4) is 0 Å². The van der Waals surface area contributed by atoms with Gasteiger partial charge in [-0.3, -0.25) is 19.7 Å². The molecule has 0 aliphatic carbocycles. The average Bonchev–Trinajstić information content (AvgIpc) is 2.74. The van der Waals surface area contributed by atoms with Gasteiger partial charge in [-0.2, -0.15) is 0 Å². The van der Waals surface area contributed by atoms with E-state index in [9.17, 15) is 14.4 Å². The van der Waals surface area contributed by atoms with Gasteiger partial charge in [0, 0.05) is 17.0 Å². The number of imide groups is 1. The molecule has 0 fully saturated rings. The van der Waals surface area contributed by atoms with E-state index in [1.165, 1.54) is 5.56 Å². The molecule has 0 saturated heterocycles. The molecule has 6 heteroatoms. The number of alkyl halides is 1. The molecular weight excluding hydrogens is 338 g/mol. The third-order valence-corrected chi connectivity index (χ3v) is 3.72. The normalized spacial score (nSPS) is 13.9. The monoisotopic (exact) mass is 351 g/mol. The number of aryl methyl sites for hydroxylation is 1. The van der Waals surface area contributed by atoms with Gasteiger partial charge >= 0.3 is 5.97 Å². The van der Waals surface area contributed by atoms with E-state index < -0.39 is 17.8 Å². The van der Waals surface area contributed by atoms with Crippen molar-refractivity contribution in [3.05, 3.63) is 46.5 Å². The second-order valence-corrected chi connectivity index (χ2v) is 5.28. The summed E-state index contributed by atoms with van der Waals surface area (Å²) in [5.74, 6) is -1.56. The number of halogens is 1.